The van der Waals surface area contributed by atoms with E-state index in [1.807, 2.05) is 17.0 Å². The fraction of sp³-hybridized carbons (Fsp3) is 0.562. The van der Waals surface area contributed by atoms with Gasteiger partial charge in [-0.3, -0.25) is 4.79 Å². The zero-order chi connectivity index (χ0) is 14.2. The molecule has 1 saturated carbocycles. The van der Waals surface area contributed by atoms with E-state index in [0.29, 0.717) is 5.92 Å². The lowest BCUT2D eigenvalue weighted by Crippen LogP contribution is -2.49. The third-order valence-electron chi connectivity index (χ3n) is 4.46. The molecule has 1 amide bonds. The van der Waals surface area contributed by atoms with Crippen LogP contribution in [0.1, 0.15) is 31.2 Å². The van der Waals surface area contributed by atoms with Crippen LogP contribution in [0.5, 0.6) is 0 Å². The van der Waals surface area contributed by atoms with Crippen LogP contribution in [0.4, 0.5) is 4.39 Å². The lowest BCUT2D eigenvalue weighted by atomic mass is 9.91. The van der Waals surface area contributed by atoms with Crippen molar-refractivity contribution >= 4 is 5.91 Å². The van der Waals surface area contributed by atoms with E-state index in [0.717, 1.165) is 50.8 Å². The Labute approximate surface area is 118 Å². The third kappa shape index (κ3) is 2.85. The number of halogens is 1. The van der Waals surface area contributed by atoms with Crippen LogP contribution < -0.4 is 5.73 Å². The molecule has 1 heterocycles. The number of benzene rings is 1. The number of amides is 1. The van der Waals surface area contributed by atoms with Gasteiger partial charge >= 0.3 is 0 Å². The van der Waals surface area contributed by atoms with Crippen molar-refractivity contribution in [3.05, 3.63) is 35.6 Å². The Hall–Kier alpha value is -1.42. The summed E-state index contributed by atoms with van der Waals surface area (Å²) < 4.78 is 12.9. The number of rotatable bonds is 3. The van der Waals surface area contributed by atoms with Crippen molar-refractivity contribution in [1.82, 2.24) is 4.90 Å². The Kier molecular flexibility index (Phi) is 3.50. The molecular weight excluding hydrogens is 255 g/mol. The number of hydrogen-bond donors (Lipinski definition) is 1. The fourth-order valence-corrected chi connectivity index (χ4v) is 3.03. The molecule has 1 atom stereocenters. The maximum absolute atomic E-state index is 12.9. The van der Waals surface area contributed by atoms with Gasteiger partial charge in [-0.05, 0) is 55.7 Å². The van der Waals surface area contributed by atoms with Crippen molar-refractivity contribution in [1.29, 1.82) is 0 Å². The van der Waals surface area contributed by atoms with E-state index in [9.17, 15) is 9.18 Å². The number of piperidine rings is 1. The number of carbonyl (C=O) groups is 1. The molecule has 0 unspecified atom stereocenters. The first kappa shape index (κ1) is 13.6. The van der Waals surface area contributed by atoms with Gasteiger partial charge in [0.25, 0.3) is 0 Å². The van der Waals surface area contributed by atoms with Crippen LogP contribution in [0.2, 0.25) is 0 Å². The second-order valence-electron chi connectivity index (χ2n) is 6.25. The van der Waals surface area contributed by atoms with Crippen LogP contribution in [0.25, 0.3) is 0 Å². The number of hydrogen-bond acceptors (Lipinski definition) is 2. The summed E-state index contributed by atoms with van der Waals surface area (Å²) in [7, 11) is 0. The second kappa shape index (κ2) is 5.17. The highest BCUT2D eigenvalue weighted by Gasteiger charge is 2.48. The summed E-state index contributed by atoms with van der Waals surface area (Å²) in [5.74, 6) is 0.384. The monoisotopic (exact) mass is 276 g/mol. The normalized spacial score (nSPS) is 24.5. The Morgan fingerprint density at radius 2 is 2.05 bits per heavy atom. The van der Waals surface area contributed by atoms with E-state index >= 15 is 0 Å². The standard InChI is InChI=1S/C16H21FN2O/c17-14-5-3-12(4-6-14)10-13-2-1-9-19(11-13)15(20)16(18)7-8-16/h3-6,13H,1-2,7-11,18H2/t13-/m0/s1. The van der Waals surface area contributed by atoms with Gasteiger partial charge in [0.15, 0.2) is 0 Å². The van der Waals surface area contributed by atoms with Crippen LogP contribution >= 0.6 is 0 Å². The molecular formula is C16H21FN2O. The van der Waals surface area contributed by atoms with Crippen LogP contribution in [-0.4, -0.2) is 29.4 Å². The fourth-order valence-electron chi connectivity index (χ4n) is 3.03. The van der Waals surface area contributed by atoms with Gasteiger partial charge in [0.1, 0.15) is 5.82 Å². The molecule has 20 heavy (non-hydrogen) atoms. The molecule has 1 saturated heterocycles. The summed E-state index contributed by atoms with van der Waals surface area (Å²) in [5.41, 5.74) is 6.58. The third-order valence-corrected chi connectivity index (χ3v) is 4.46. The van der Waals surface area contributed by atoms with E-state index in [2.05, 4.69) is 0 Å². The summed E-state index contributed by atoms with van der Waals surface area (Å²) in [5, 5.41) is 0. The Balaban J connectivity index is 1.60. The van der Waals surface area contributed by atoms with Crippen LogP contribution in [0.3, 0.4) is 0 Å². The van der Waals surface area contributed by atoms with Crippen molar-refractivity contribution in [2.75, 3.05) is 13.1 Å². The topological polar surface area (TPSA) is 46.3 Å². The molecule has 1 aromatic rings. The molecule has 1 aliphatic heterocycles. The smallest absolute Gasteiger partial charge is 0.242 e. The Morgan fingerprint density at radius 3 is 2.70 bits per heavy atom. The van der Waals surface area contributed by atoms with Crippen molar-refractivity contribution in [3.63, 3.8) is 0 Å². The van der Waals surface area contributed by atoms with E-state index in [4.69, 9.17) is 5.73 Å². The van der Waals surface area contributed by atoms with Gasteiger partial charge in [0.2, 0.25) is 5.91 Å². The van der Waals surface area contributed by atoms with E-state index in [1.54, 1.807) is 0 Å². The molecule has 0 bridgehead atoms. The SMILES string of the molecule is NC1(C(=O)N2CCC[C@@H](Cc3ccc(F)cc3)C2)CC1. The molecule has 3 rings (SSSR count). The average Bonchev–Trinajstić information content (AvgIpc) is 3.20. The molecule has 0 radical (unpaired) electrons. The Bertz CT molecular complexity index is 496. The maximum Gasteiger partial charge on any atom is 0.242 e. The molecule has 2 aliphatic rings. The molecule has 2 N–H and O–H groups in total. The van der Waals surface area contributed by atoms with Gasteiger partial charge in [0, 0.05) is 13.1 Å². The van der Waals surface area contributed by atoms with Gasteiger partial charge in [-0.15, -0.1) is 0 Å². The van der Waals surface area contributed by atoms with Gasteiger partial charge in [-0.1, -0.05) is 12.1 Å². The molecule has 1 aromatic carbocycles. The van der Waals surface area contributed by atoms with Crippen LogP contribution in [0.15, 0.2) is 24.3 Å². The summed E-state index contributed by atoms with van der Waals surface area (Å²) in [4.78, 5) is 14.2. The first-order valence-electron chi connectivity index (χ1n) is 7.39. The first-order chi connectivity index (χ1) is 9.57. The van der Waals surface area contributed by atoms with Crippen molar-refractivity contribution in [2.24, 2.45) is 11.7 Å². The molecule has 108 valence electrons. The zero-order valence-electron chi connectivity index (χ0n) is 11.6. The van der Waals surface area contributed by atoms with Crippen LogP contribution in [0, 0.1) is 11.7 Å². The molecule has 3 nitrogen and oxygen atoms in total. The minimum atomic E-state index is -0.558. The van der Waals surface area contributed by atoms with E-state index in [-0.39, 0.29) is 11.7 Å². The van der Waals surface area contributed by atoms with Crippen molar-refractivity contribution in [2.45, 2.75) is 37.6 Å². The lowest BCUT2D eigenvalue weighted by molar-refractivity contribution is -0.135. The summed E-state index contributed by atoms with van der Waals surface area (Å²) >= 11 is 0. The highest BCUT2D eigenvalue weighted by molar-refractivity contribution is 5.89. The quantitative estimate of drug-likeness (QED) is 0.919. The number of nitrogens with zero attached hydrogens (tertiary/aromatic N) is 1. The number of likely N-dealkylation sites (tertiary alicyclic amines) is 1. The largest absolute Gasteiger partial charge is 0.341 e. The molecule has 0 aromatic heterocycles. The summed E-state index contributed by atoms with van der Waals surface area (Å²) in [6, 6.07) is 6.67. The van der Waals surface area contributed by atoms with Gasteiger partial charge in [-0.25, -0.2) is 4.39 Å². The molecule has 1 aliphatic carbocycles. The molecule has 0 spiro atoms. The first-order valence-corrected chi connectivity index (χ1v) is 7.39. The highest BCUT2D eigenvalue weighted by Crippen LogP contribution is 2.35. The van der Waals surface area contributed by atoms with Gasteiger partial charge < -0.3 is 10.6 Å². The predicted octanol–water partition coefficient (Wildman–Crippen LogP) is 2.10. The van der Waals surface area contributed by atoms with E-state index in [1.165, 1.54) is 12.1 Å². The Morgan fingerprint density at radius 1 is 1.35 bits per heavy atom. The molecule has 2 fully saturated rings. The number of carbonyl (C=O) groups excluding carboxylic acids is 1. The average molecular weight is 276 g/mol. The van der Waals surface area contributed by atoms with Gasteiger partial charge in [0.05, 0.1) is 5.54 Å². The van der Waals surface area contributed by atoms with Crippen molar-refractivity contribution in [3.8, 4) is 0 Å². The molecule has 4 heteroatoms. The van der Waals surface area contributed by atoms with Crippen molar-refractivity contribution < 1.29 is 9.18 Å². The highest BCUT2D eigenvalue weighted by atomic mass is 19.1. The minimum Gasteiger partial charge on any atom is -0.341 e. The predicted molar refractivity (Wildman–Crippen MR) is 75.6 cm³/mol. The second-order valence-corrected chi connectivity index (χ2v) is 6.25. The minimum absolute atomic E-state index is 0.126. The summed E-state index contributed by atoms with van der Waals surface area (Å²) in [6.07, 6.45) is 4.71. The summed E-state index contributed by atoms with van der Waals surface area (Å²) in [6.45, 7) is 1.62. The number of nitrogens with two attached hydrogens (primary N) is 1. The zero-order valence-corrected chi connectivity index (χ0v) is 11.6. The van der Waals surface area contributed by atoms with Gasteiger partial charge in [-0.2, -0.15) is 0 Å². The maximum atomic E-state index is 12.9. The lowest BCUT2D eigenvalue weighted by Gasteiger charge is -2.34. The van der Waals surface area contributed by atoms with E-state index < -0.39 is 5.54 Å². The van der Waals surface area contributed by atoms with Crippen LogP contribution in [-0.2, 0) is 11.2 Å².